The minimum Gasteiger partial charge on any atom is -0.396 e. The van der Waals surface area contributed by atoms with Crippen molar-refractivity contribution in [1.82, 2.24) is 0 Å². The maximum atomic E-state index is 8.63. The Balaban J connectivity index is 3.06. The van der Waals surface area contributed by atoms with Gasteiger partial charge in [-0.1, -0.05) is 20.8 Å². The van der Waals surface area contributed by atoms with Gasteiger partial charge in [-0.25, -0.2) is 0 Å². The fourth-order valence-electron chi connectivity index (χ4n) is 0.409. The molecule has 1 N–H and O–H groups in total. The van der Waals surface area contributed by atoms with Crippen LogP contribution in [0.1, 0.15) is 20.8 Å². The number of hydrogen-bond donors (Lipinski definition) is 1. The minimum absolute atomic E-state index is 0.319. The first-order valence-corrected chi connectivity index (χ1v) is 4.44. The SMILES string of the molecule is CC(CO)CSC(C)C. The Labute approximate surface area is 61.8 Å². The van der Waals surface area contributed by atoms with E-state index in [4.69, 9.17) is 5.11 Å². The third-order valence-electron chi connectivity index (χ3n) is 1.03. The topological polar surface area (TPSA) is 20.2 Å². The Morgan fingerprint density at radius 1 is 1.33 bits per heavy atom. The lowest BCUT2D eigenvalue weighted by Gasteiger charge is -2.08. The van der Waals surface area contributed by atoms with Gasteiger partial charge in [-0.05, 0) is 16.9 Å². The number of thioether (sulfide) groups is 1. The lowest BCUT2D eigenvalue weighted by Crippen LogP contribution is -2.05. The molecular weight excluding hydrogens is 132 g/mol. The van der Waals surface area contributed by atoms with Crippen LogP contribution in [0, 0.1) is 5.92 Å². The average Bonchev–Trinajstić information content (AvgIpc) is 1.83. The van der Waals surface area contributed by atoms with Crippen LogP contribution in [-0.4, -0.2) is 22.7 Å². The van der Waals surface area contributed by atoms with Gasteiger partial charge in [0.25, 0.3) is 0 Å². The molecule has 0 aromatic heterocycles. The molecule has 0 aliphatic heterocycles. The minimum atomic E-state index is 0.319. The van der Waals surface area contributed by atoms with Crippen molar-refractivity contribution in [3.05, 3.63) is 0 Å². The first-order valence-electron chi connectivity index (χ1n) is 3.39. The van der Waals surface area contributed by atoms with Crippen molar-refractivity contribution in [2.45, 2.75) is 26.0 Å². The predicted molar refractivity (Wildman–Crippen MR) is 43.8 cm³/mol. The summed E-state index contributed by atoms with van der Waals surface area (Å²) in [6.07, 6.45) is 0. The van der Waals surface area contributed by atoms with Gasteiger partial charge in [-0.2, -0.15) is 11.8 Å². The normalized spacial score (nSPS) is 14.3. The molecule has 0 bridgehead atoms. The van der Waals surface area contributed by atoms with Gasteiger partial charge in [-0.15, -0.1) is 0 Å². The molecule has 56 valence electrons. The smallest absolute Gasteiger partial charge is 0.0464 e. The van der Waals surface area contributed by atoms with Gasteiger partial charge in [-0.3, -0.25) is 0 Å². The van der Waals surface area contributed by atoms with Crippen molar-refractivity contribution < 1.29 is 5.11 Å². The zero-order valence-corrected chi connectivity index (χ0v) is 7.24. The van der Waals surface area contributed by atoms with Crippen LogP contribution in [-0.2, 0) is 0 Å². The summed E-state index contributed by atoms with van der Waals surface area (Å²) >= 11 is 1.90. The summed E-state index contributed by atoms with van der Waals surface area (Å²) in [6.45, 7) is 6.73. The summed E-state index contributed by atoms with van der Waals surface area (Å²) in [7, 11) is 0. The Hall–Kier alpha value is 0.310. The van der Waals surface area contributed by atoms with E-state index in [0.29, 0.717) is 17.8 Å². The second-order valence-corrected chi connectivity index (χ2v) is 4.28. The van der Waals surface area contributed by atoms with Crippen LogP contribution in [0.2, 0.25) is 0 Å². The van der Waals surface area contributed by atoms with Crippen molar-refractivity contribution in [1.29, 1.82) is 0 Å². The molecule has 0 saturated carbocycles. The molecule has 1 unspecified atom stereocenters. The van der Waals surface area contributed by atoms with Crippen LogP contribution >= 0.6 is 11.8 Å². The highest BCUT2D eigenvalue weighted by Crippen LogP contribution is 2.12. The summed E-state index contributed by atoms with van der Waals surface area (Å²) in [5.74, 6) is 1.53. The first kappa shape index (κ1) is 9.31. The van der Waals surface area contributed by atoms with E-state index >= 15 is 0 Å². The fraction of sp³-hybridized carbons (Fsp3) is 1.00. The summed E-state index contributed by atoms with van der Waals surface area (Å²) in [5.41, 5.74) is 0. The summed E-state index contributed by atoms with van der Waals surface area (Å²) in [4.78, 5) is 0. The van der Waals surface area contributed by atoms with Gasteiger partial charge < -0.3 is 5.11 Å². The lowest BCUT2D eigenvalue weighted by molar-refractivity contribution is 0.250. The largest absolute Gasteiger partial charge is 0.396 e. The van der Waals surface area contributed by atoms with Crippen LogP contribution in [0.25, 0.3) is 0 Å². The monoisotopic (exact) mass is 148 g/mol. The maximum absolute atomic E-state index is 8.63. The van der Waals surface area contributed by atoms with Gasteiger partial charge in [0.05, 0.1) is 0 Å². The van der Waals surface area contributed by atoms with Gasteiger partial charge in [0, 0.05) is 6.61 Å². The van der Waals surface area contributed by atoms with Crippen LogP contribution in [0.5, 0.6) is 0 Å². The van der Waals surface area contributed by atoms with E-state index in [1.54, 1.807) is 0 Å². The molecule has 1 nitrogen and oxygen atoms in total. The molecule has 0 amide bonds. The van der Waals surface area contributed by atoms with Crippen LogP contribution in [0.4, 0.5) is 0 Å². The molecule has 0 rings (SSSR count). The molecule has 9 heavy (non-hydrogen) atoms. The van der Waals surface area contributed by atoms with Crippen LogP contribution in [0.15, 0.2) is 0 Å². The number of rotatable bonds is 4. The Kier molecular flexibility index (Phi) is 5.30. The zero-order valence-electron chi connectivity index (χ0n) is 6.42. The van der Waals surface area contributed by atoms with Gasteiger partial charge in [0.1, 0.15) is 0 Å². The highest BCUT2D eigenvalue weighted by Gasteiger charge is 2.00. The van der Waals surface area contributed by atoms with Crippen molar-refractivity contribution in [2.75, 3.05) is 12.4 Å². The Bertz CT molecular complexity index is 63.9. The second kappa shape index (κ2) is 5.12. The van der Waals surface area contributed by atoms with E-state index < -0.39 is 0 Å². The standard InChI is InChI=1S/C7H16OS/c1-6(2)9-5-7(3)4-8/h6-8H,4-5H2,1-3H3. The van der Waals surface area contributed by atoms with Crippen molar-refractivity contribution in [2.24, 2.45) is 5.92 Å². The molecule has 0 aliphatic rings. The Morgan fingerprint density at radius 2 is 1.89 bits per heavy atom. The van der Waals surface area contributed by atoms with Gasteiger partial charge >= 0.3 is 0 Å². The quantitative estimate of drug-likeness (QED) is 0.655. The van der Waals surface area contributed by atoms with Crippen molar-refractivity contribution in [3.8, 4) is 0 Å². The molecule has 0 radical (unpaired) electrons. The number of hydrogen-bond acceptors (Lipinski definition) is 2. The molecule has 0 aliphatic carbocycles. The predicted octanol–water partition coefficient (Wildman–Crippen LogP) is 1.76. The lowest BCUT2D eigenvalue weighted by atomic mass is 10.2. The average molecular weight is 148 g/mol. The third kappa shape index (κ3) is 6.19. The van der Waals surface area contributed by atoms with Crippen molar-refractivity contribution >= 4 is 11.8 Å². The molecule has 2 heteroatoms. The highest BCUT2D eigenvalue weighted by molar-refractivity contribution is 7.99. The summed E-state index contributed by atoms with van der Waals surface area (Å²) in [6, 6.07) is 0. The molecule has 0 saturated heterocycles. The molecule has 0 aromatic rings. The fourth-order valence-corrected chi connectivity index (χ4v) is 1.23. The van der Waals surface area contributed by atoms with E-state index in [1.807, 2.05) is 11.8 Å². The van der Waals surface area contributed by atoms with E-state index in [-0.39, 0.29) is 0 Å². The van der Waals surface area contributed by atoms with Gasteiger partial charge in [0.15, 0.2) is 0 Å². The van der Waals surface area contributed by atoms with Crippen LogP contribution < -0.4 is 0 Å². The van der Waals surface area contributed by atoms with E-state index in [2.05, 4.69) is 20.8 Å². The van der Waals surface area contributed by atoms with E-state index in [0.717, 1.165) is 5.75 Å². The highest BCUT2D eigenvalue weighted by atomic mass is 32.2. The zero-order chi connectivity index (χ0) is 7.28. The third-order valence-corrected chi connectivity index (χ3v) is 2.45. The molecule has 0 heterocycles. The molecule has 0 aromatic carbocycles. The first-order chi connectivity index (χ1) is 4.16. The number of aliphatic hydroxyl groups excluding tert-OH is 1. The maximum Gasteiger partial charge on any atom is 0.0464 e. The van der Waals surface area contributed by atoms with E-state index in [1.165, 1.54) is 0 Å². The van der Waals surface area contributed by atoms with Crippen molar-refractivity contribution in [3.63, 3.8) is 0 Å². The molecule has 1 atom stereocenters. The Morgan fingerprint density at radius 3 is 2.22 bits per heavy atom. The van der Waals surface area contributed by atoms with Gasteiger partial charge in [0.2, 0.25) is 0 Å². The summed E-state index contributed by atoms with van der Waals surface area (Å²) < 4.78 is 0. The molecule has 0 fully saturated rings. The van der Waals surface area contributed by atoms with E-state index in [9.17, 15) is 0 Å². The number of aliphatic hydroxyl groups is 1. The molecular formula is C7H16OS. The molecule has 0 spiro atoms. The summed E-state index contributed by atoms with van der Waals surface area (Å²) in [5, 5.41) is 9.33. The van der Waals surface area contributed by atoms with Crippen LogP contribution in [0.3, 0.4) is 0 Å². The second-order valence-electron chi connectivity index (χ2n) is 2.67.